The minimum Gasteiger partial charge on any atom is -0.496 e. The third kappa shape index (κ3) is 7.31. The normalized spacial score (nSPS) is 18.7. The topological polar surface area (TPSA) is 139 Å². The second-order valence-electron chi connectivity index (χ2n) is 12.5. The van der Waals surface area contributed by atoms with E-state index in [2.05, 4.69) is 9.97 Å². The molecule has 2 fully saturated rings. The predicted molar refractivity (Wildman–Crippen MR) is 178 cm³/mol. The van der Waals surface area contributed by atoms with E-state index in [-0.39, 0.29) is 41.1 Å². The van der Waals surface area contributed by atoms with Crippen LogP contribution in [0.15, 0.2) is 60.8 Å². The molecular formula is C35H30F6N4O7S. The summed E-state index contributed by atoms with van der Waals surface area (Å²) in [5.41, 5.74) is -0.977. The molecule has 53 heavy (non-hydrogen) atoms. The van der Waals surface area contributed by atoms with E-state index in [1.807, 2.05) is 0 Å². The lowest BCUT2D eigenvalue weighted by Gasteiger charge is -2.24. The summed E-state index contributed by atoms with van der Waals surface area (Å²) in [6, 6.07) is 9.48. The van der Waals surface area contributed by atoms with E-state index in [0.29, 0.717) is 46.6 Å². The first-order valence-electron chi connectivity index (χ1n) is 15.9. The number of benzene rings is 3. The highest BCUT2D eigenvalue weighted by atomic mass is 32.2. The molecule has 1 amide bonds. The number of hydrogen-bond donors (Lipinski definition) is 1. The maximum atomic E-state index is 13.7. The fourth-order valence-electron chi connectivity index (χ4n) is 6.41. The summed E-state index contributed by atoms with van der Waals surface area (Å²) in [6.45, 7) is 2.76. The Balaban J connectivity index is 1.45. The number of methoxy groups -OCH3 is 1. The van der Waals surface area contributed by atoms with Crippen LogP contribution in [0.2, 0.25) is 0 Å². The van der Waals surface area contributed by atoms with Gasteiger partial charge in [-0.2, -0.15) is 26.3 Å². The van der Waals surface area contributed by atoms with Gasteiger partial charge in [-0.15, -0.1) is 0 Å². The minimum absolute atomic E-state index is 0.0205. The number of alkyl halides is 6. The van der Waals surface area contributed by atoms with Crippen LogP contribution in [0.1, 0.15) is 57.8 Å². The molecule has 6 rings (SSSR count). The summed E-state index contributed by atoms with van der Waals surface area (Å²) >= 11 is 0. The molecule has 0 bridgehead atoms. The molecule has 18 heteroatoms. The van der Waals surface area contributed by atoms with Crippen molar-refractivity contribution < 1.29 is 58.9 Å². The zero-order valence-electron chi connectivity index (χ0n) is 28.1. The van der Waals surface area contributed by atoms with Gasteiger partial charge in [0.25, 0.3) is 0 Å². The molecule has 3 heterocycles. The van der Waals surface area contributed by atoms with Crippen LogP contribution < -0.4 is 9.04 Å². The number of ether oxygens (including phenoxy) is 2. The molecule has 2 saturated heterocycles. The minimum atomic E-state index is -5.13. The van der Waals surface area contributed by atoms with Crippen molar-refractivity contribution in [2.24, 2.45) is 0 Å². The summed E-state index contributed by atoms with van der Waals surface area (Å²) in [5.74, 6) is -1.17. The van der Waals surface area contributed by atoms with Crippen molar-refractivity contribution in [3.63, 3.8) is 0 Å². The van der Waals surface area contributed by atoms with Crippen molar-refractivity contribution in [1.29, 1.82) is 0 Å². The van der Waals surface area contributed by atoms with Crippen molar-refractivity contribution in [1.82, 2.24) is 14.9 Å². The van der Waals surface area contributed by atoms with Gasteiger partial charge in [-0.1, -0.05) is 12.1 Å². The molecule has 0 radical (unpaired) electrons. The molecule has 2 unspecified atom stereocenters. The van der Waals surface area contributed by atoms with Crippen LogP contribution in [0.25, 0.3) is 22.3 Å². The van der Waals surface area contributed by atoms with Gasteiger partial charge in [0.05, 0.1) is 47.8 Å². The molecule has 3 aromatic carbocycles. The number of amides is 1. The Bertz CT molecular complexity index is 2200. The standard InChI is InChI=1S/C35H30F6N4O7S/c1-18-11-21(31(46)47)5-7-25(18)20-6-8-29(51-3)26(14-20)27-16-42-32(45-9-4-10-53(45,49)50)43-28(27)17-44-19(2)30(52-33(44)48)22-12-23(34(36,37)38)15-24(13-22)35(39,40)41/h5-8,11-16,19,30H,4,9-10,17H2,1-3H3,(H,46,47). The Morgan fingerprint density at radius 3 is 2.23 bits per heavy atom. The van der Waals surface area contributed by atoms with Crippen molar-refractivity contribution in [2.45, 2.75) is 51.3 Å². The molecule has 2 aliphatic heterocycles. The summed E-state index contributed by atoms with van der Waals surface area (Å²) < 4.78 is 120. The predicted octanol–water partition coefficient (Wildman–Crippen LogP) is 7.49. The molecular weight excluding hydrogens is 734 g/mol. The van der Waals surface area contributed by atoms with E-state index in [4.69, 9.17) is 9.47 Å². The summed E-state index contributed by atoms with van der Waals surface area (Å²) in [7, 11) is -2.38. The van der Waals surface area contributed by atoms with Gasteiger partial charge in [0.1, 0.15) is 11.9 Å². The number of aryl methyl sites for hydroxylation is 1. The zero-order valence-corrected chi connectivity index (χ0v) is 28.9. The number of carboxylic acids is 1. The third-order valence-corrected chi connectivity index (χ3v) is 10.9. The van der Waals surface area contributed by atoms with Crippen molar-refractivity contribution >= 4 is 28.0 Å². The van der Waals surface area contributed by atoms with E-state index < -0.39 is 69.8 Å². The number of carbonyl (C=O) groups is 2. The smallest absolute Gasteiger partial charge is 0.416 e. The number of carboxylic acid groups (broad SMARTS) is 1. The molecule has 0 aliphatic carbocycles. The lowest BCUT2D eigenvalue weighted by atomic mass is 9.94. The molecule has 0 spiro atoms. The van der Waals surface area contributed by atoms with Crippen LogP contribution in [0.5, 0.6) is 5.75 Å². The van der Waals surface area contributed by atoms with Gasteiger partial charge in [-0.05, 0) is 85.0 Å². The lowest BCUT2D eigenvalue weighted by Crippen LogP contribution is -2.33. The van der Waals surface area contributed by atoms with E-state index in [9.17, 15) is 49.5 Å². The largest absolute Gasteiger partial charge is 0.496 e. The van der Waals surface area contributed by atoms with E-state index >= 15 is 0 Å². The second-order valence-corrected chi connectivity index (χ2v) is 14.5. The average Bonchev–Trinajstić information content (AvgIpc) is 3.59. The van der Waals surface area contributed by atoms with Crippen molar-refractivity contribution in [3.8, 4) is 28.0 Å². The fourth-order valence-corrected chi connectivity index (χ4v) is 7.87. The van der Waals surface area contributed by atoms with Gasteiger partial charge in [-0.3, -0.25) is 4.90 Å². The number of hydrogen-bond acceptors (Lipinski definition) is 8. The number of nitrogens with zero attached hydrogens (tertiary/aromatic N) is 4. The lowest BCUT2D eigenvalue weighted by molar-refractivity contribution is -0.143. The summed E-state index contributed by atoms with van der Waals surface area (Å²) in [4.78, 5) is 34.8. The monoisotopic (exact) mass is 764 g/mol. The second kappa shape index (κ2) is 13.5. The molecule has 2 aliphatic rings. The average molecular weight is 765 g/mol. The summed E-state index contributed by atoms with van der Waals surface area (Å²) in [6.07, 6.45) is -11.2. The SMILES string of the molecule is COc1ccc(-c2ccc(C(=O)O)cc2C)cc1-c1cnc(N2CCCS2(=O)=O)nc1CN1C(=O)OC(c2cc(C(F)(F)F)cc(C(F)(F)F)c2)C1C. The number of anilines is 1. The number of aromatic carboxylic acids is 1. The molecule has 11 nitrogen and oxygen atoms in total. The molecule has 280 valence electrons. The molecule has 0 saturated carbocycles. The Morgan fingerprint density at radius 2 is 1.66 bits per heavy atom. The van der Waals surface area contributed by atoms with Crippen LogP contribution in [0, 0.1) is 6.92 Å². The van der Waals surface area contributed by atoms with Gasteiger partial charge in [-0.25, -0.2) is 32.3 Å². The molecule has 2 atom stereocenters. The zero-order chi connectivity index (χ0) is 38.6. The highest BCUT2D eigenvalue weighted by Gasteiger charge is 2.44. The molecule has 1 N–H and O–H groups in total. The number of halogens is 6. The number of rotatable bonds is 8. The van der Waals surface area contributed by atoms with Gasteiger partial charge in [0.2, 0.25) is 16.0 Å². The first-order chi connectivity index (χ1) is 24.8. The van der Waals surface area contributed by atoms with Crippen LogP contribution in [0.3, 0.4) is 0 Å². The van der Waals surface area contributed by atoms with Crippen LogP contribution >= 0.6 is 0 Å². The number of aromatic nitrogens is 2. The quantitative estimate of drug-likeness (QED) is 0.181. The van der Waals surface area contributed by atoms with Crippen LogP contribution in [0.4, 0.5) is 37.1 Å². The van der Waals surface area contributed by atoms with Gasteiger partial charge < -0.3 is 14.6 Å². The van der Waals surface area contributed by atoms with Gasteiger partial charge in [0.15, 0.2) is 0 Å². The number of carbonyl (C=O) groups excluding carboxylic acids is 1. The molecule has 1 aromatic heterocycles. The van der Waals surface area contributed by atoms with Gasteiger partial charge >= 0.3 is 24.4 Å². The van der Waals surface area contributed by atoms with Crippen molar-refractivity contribution in [3.05, 3.63) is 94.3 Å². The van der Waals surface area contributed by atoms with E-state index in [0.717, 1.165) is 9.21 Å². The Labute approximate surface area is 298 Å². The van der Waals surface area contributed by atoms with Crippen molar-refractivity contribution in [2.75, 3.05) is 23.7 Å². The van der Waals surface area contributed by atoms with Crippen LogP contribution in [-0.4, -0.2) is 65.9 Å². The van der Waals surface area contributed by atoms with Gasteiger partial charge in [0, 0.05) is 23.9 Å². The summed E-state index contributed by atoms with van der Waals surface area (Å²) in [5, 5.41) is 9.42. The fraction of sp³-hybridized carbons (Fsp3) is 0.314. The first kappa shape index (κ1) is 37.4. The maximum Gasteiger partial charge on any atom is 0.416 e. The maximum absolute atomic E-state index is 13.7. The Hall–Kier alpha value is -5.39. The third-order valence-electron chi connectivity index (χ3n) is 9.10. The molecule has 4 aromatic rings. The van der Waals surface area contributed by atoms with Crippen LogP contribution in [-0.2, 0) is 33.7 Å². The van der Waals surface area contributed by atoms with E-state index in [1.54, 1.807) is 31.2 Å². The number of sulfonamides is 1. The Kier molecular flexibility index (Phi) is 9.55. The highest BCUT2D eigenvalue weighted by Crippen LogP contribution is 2.43. The van der Waals surface area contributed by atoms with E-state index in [1.165, 1.54) is 32.4 Å². The number of cyclic esters (lactones) is 1. The first-order valence-corrected chi connectivity index (χ1v) is 17.5. The highest BCUT2D eigenvalue weighted by molar-refractivity contribution is 7.93. The Morgan fingerprint density at radius 1 is 0.981 bits per heavy atom.